The van der Waals surface area contributed by atoms with Gasteiger partial charge in [-0.05, 0) is 62.4 Å². The first-order valence-electron chi connectivity index (χ1n) is 8.44. The Bertz CT molecular complexity index is 486. The smallest absolute Gasteiger partial charge is 0.253 e. The van der Waals surface area contributed by atoms with E-state index in [-0.39, 0.29) is 12.0 Å². The fourth-order valence-electron chi connectivity index (χ4n) is 3.18. The minimum absolute atomic E-state index is 0.0183. The molecule has 1 aromatic rings. The highest BCUT2D eigenvalue weighted by molar-refractivity contribution is 5.94. The van der Waals surface area contributed by atoms with Crippen molar-refractivity contribution in [1.82, 2.24) is 4.90 Å². The number of carbonyl (C=O) groups is 1. The third kappa shape index (κ3) is 4.08. The van der Waals surface area contributed by atoms with E-state index in [2.05, 4.69) is 29.3 Å². The minimum atomic E-state index is -0.269. The number of likely N-dealkylation sites (tertiary alicyclic amines) is 1. The number of hydrogen-bond acceptors (Lipinski definition) is 3. The van der Waals surface area contributed by atoms with Crippen molar-refractivity contribution in [3.05, 3.63) is 29.8 Å². The Kier molecular flexibility index (Phi) is 5.11. The molecule has 2 aliphatic heterocycles. The van der Waals surface area contributed by atoms with Gasteiger partial charge in [-0.1, -0.05) is 19.1 Å². The van der Waals surface area contributed by atoms with Crippen molar-refractivity contribution in [1.29, 1.82) is 0 Å². The van der Waals surface area contributed by atoms with E-state index in [4.69, 9.17) is 4.74 Å². The molecule has 1 N–H and O–H groups in total. The predicted octanol–water partition coefficient (Wildman–Crippen LogP) is 3.04. The van der Waals surface area contributed by atoms with Gasteiger partial charge in [0, 0.05) is 18.8 Å². The van der Waals surface area contributed by atoms with Crippen molar-refractivity contribution in [2.24, 2.45) is 5.92 Å². The molecule has 3 rings (SSSR count). The summed E-state index contributed by atoms with van der Waals surface area (Å²) in [7, 11) is 0. The predicted molar refractivity (Wildman–Crippen MR) is 87.7 cm³/mol. The van der Waals surface area contributed by atoms with Crippen LogP contribution in [0.4, 0.5) is 5.69 Å². The quantitative estimate of drug-likeness (QED) is 0.929. The van der Waals surface area contributed by atoms with Crippen LogP contribution in [-0.2, 0) is 16.1 Å². The molecule has 1 aromatic carbocycles. The van der Waals surface area contributed by atoms with E-state index >= 15 is 0 Å². The minimum Gasteiger partial charge on any atom is -0.368 e. The molecule has 0 aliphatic carbocycles. The van der Waals surface area contributed by atoms with Gasteiger partial charge in [-0.2, -0.15) is 0 Å². The summed E-state index contributed by atoms with van der Waals surface area (Å²) in [5.41, 5.74) is 2.17. The Morgan fingerprint density at radius 2 is 1.95 bits per heavy atom. The zero-order chi connectivity index (χ0) is 15.4. The van der Waals surface area contributed by atoms with Crippen LogP contribution in [0.1, 0.15) is 38.2 Å². The molecule has 0 radical (unpaired) electrons. The van der Waals surface area contributed by atoms with Gasteiger partial charge < -0.3 is 10.1 Å². The number of rotatable bonds is 4. The molecule has 4 nitrogen and oxygen atoms in total. The maximum absolute atomic E-state index is 12.0. The summed E-state index contributed by atoms with van der Waals surface area (Å²) in [6, 6.07) is 8.22. The van der Waals surface area contributed by atoms with Crippen LogP contribution in [-0.4, -0.2) is 36.6 Å². The number of hydrogen-bond donors (Lipinski definition) is 1. The molecule has 4 heteroatoms. The normalized spacial score (nSPS) is 23.6. The summed E-state index contributed by atoms with van der Waals surface area (Å²) in [5, 5.41) is 2.94. The standard InChI is InChI=1S/C18H26N2O2/c1-14-8-10-20(11-9-14)13-15-4-6-16(7-5-15)19-18(21)17-3-2-12-22-17/h4-7,14,17H,2-3,8-13H2,1H3,(H,19,21). The van der Waals surface area contributed by atoms with Crippen molar-refractivity contribution in [3.63, 3.8) is 0 Å². The number of carbonyl (C=O) groups excluding carboxylic acids is 1. The molecule has 2 aliphatic rings. The average molecular weight is 302 g/mol. The molecule has 0 bridgehead atoms. The SMILES string of the molecule is CC1CCN(Cc2ccc(NC(=O)C3CCCO3)cc2)CC1. The van der Waals surface area contributed by atoms with Crippen LogP contribution in [0.15, 0.2) is 24.3 Å². The van der Waals surface area contributed by atoms with Gasteiger partial charge in [0.25, 0.3) is 5.91 Å². The number of amides is 1. The van der Waals surface area contributed by atoms with E-state index in [0.29, 0.717) is 6.61 Å². The second kappa shape index (κ2) is 7.25. The van der Waals surface area contributed by atoms with Crippen molar-refractivity contribution in [2.75, 3.05) is 25.0 Å². The van der Waals surface area contributed by atoms with Gasteiger partial charge >= 0.3 is 0 Å². The van der Waals surface area contributed by atoms with Gasteiger partial charge in [0.05, 0.1) is 0 Å². The third-order valence-corrected chi connectivity index (χ3v) is 4.73. The molecule has 1 amide bonds. The summed E-state index contributed by atoms with van der Waals surface area (Å²) in [5.74, 6) is 0.849. The number of piperidine rings is 1. The van der Waals surface area contributed by atoms with Crippen LogP contribution in [0.25, 0.3) is 0 Å². The second-order valence-corrected chi connectivity index (χ2v) is 6.65. The van der Waals surface area contributed by atoms with Crippen LogP contribution >= 0.6 is 0 Å². The zero-order valence-corrected chi connectivity index (χ0v) is 13.4. The van der Waals surface area contributed by atoms with Gasteiger partial charge in [-0.15, -0.1) is 0 Å². The summed E-state index contributed by atoms with van der Waals surface area (Å²) in [6.07, 6.45) is 4.14. The molecule has 2 saturated heterocycles. The van der Waals surface area contributed by atoms with Crippen LogP contribution in [0, 0.1) is 5.92 Å². The Labute approximate surface area is 132 Å². The number of nitrogens with zero attached hydrogens (tertiary/aromatic N) is 1. The van der Waals surface area contributed by atoms with Gasteiger partial charge in [0.2, 0.25) is 0 Å². The van der Waals surface area contributed by atoms with Crippen molar-refractivity contribution in [2.45, 2.75) is 45.3 Å². The van der Waals surface area contributed by atoms with E-state index in [1.165, 1.54) is 31.5 Å². The summed E-state index contributed by atoms with van der Waals surface area (Å²) < 4.78 is 5.40. The van der Waals surface area contributed by atoms with Gasteiger partial charge in [0.15, 0.2) is 0 Å². The Balaban J connectivity index is 1.50. The average Bonchev–Trinajstić information content (AvgIpc) is 3.06. The molecule has 0 saturated carbocycles. The first kappa shape index (κ1) is 15.5. The Morgan fingerprint density at radius 1 is 1.23 bits per heavy atom. The first-order chi connectivity index (χ1) is 10.7. The molecule has 2 fully saturated rings. The number of nitrogens with one attached hydrogen (secondary N) is 1. The third-order valence-electron chi connectivity index (χ3n) is 4.73. The van der Waals surface area contributed by atoms with Crippen molar-refractivity contribution < 1.29 is 9.53 Å². The number of ether oxygens (including phenoxy) is 1. The number of anilines is 1. The van der Waals surface area contributed by atoms with E-state index in [9.17, 15) is 4.79 Å². The monoisotopic (exact) mass is 302 g/mol. The highest BCUT2D eigenvalue weighted by Gasteiger charge is 2.23. The lowest BCUT2D eigenvalue weighted by Gasteiger charge is -2.30. The summed E-state index contributed by atoms with van der Waals surface area (Å²) >= 11 is 0. The van der Waals surface area contributed by atoms with E-state index < -0.39 is 0 Å². The van der Waals surface area contributed by atoms with Crippen LogP contribution in [0.5, 0.6) is 0 Å². The summed E-state index contributed by atoms with van der Waals surface area (Å²) in [4.78, 5) is 14.5. The first-order valence-corrected chi connectivity index (χ1v) is 8.44. The van der Waals surface area contributed by atoms with Crippen molar-refractivity contribution in [3.8, 4) is 0 Å². The highest BCUT2D eigenvalue weighted by atomic mass is 16.5. The highest BCUT2D eigenvalue weighted by Crippen LogP contribution is 2.19. The molecule has 0 spiro atoms. The number of benzene rings is 1. The van der Waals surface area contributed by atoms with E-state index in [1.807, 2.05) is 12.1 Å². The van der Waals surface area contributed by atoms with Crippen LogP contribution in [0.3, 0.4) is 0 Å². The van der Waals surface area contributed by atoms with E-state index in [1.54, 1.807) is 0 Å². The molecule has 1 unspecified atom stereocenters. The fourth-order valence-corrected chi connectivity index (χ4v) is 3.18. The molecular formula is C18H26N2O2. The molecule has 120 valence electrons. The Morgan fingerprint density at radius 3 is 2.59 bits per heavy atom. The van der Waals surface area contributed by atoms with Gasteiger partial charge in [-0.3, -0.25) is 9.69 Å². The van der Waals surface area contributed by atoms with Crippen LogP contribution < -0.4 is 5.32 Å². The van der Waals surface area contributed by atoms with Gasteiger partial charge in [0.1, 0.15) is 6.10 Å². The maximum Gasteiger partial charge on any atom is 0.253 e. The zero-order valence-electron chi connectivity index (χ0n) is 13.4. The van der Waals surface area contributed by atoms with Crippen LogP contribution in [0.2, 0.25) is 0 Å². The molecule has 22 heavy (non-hydrogen) atoms. The van der Waals surface area contributed by atoms with Crippen molar-refractivity contribution >= 4 is 11.6 Å². The lowest BCUT2D eigenvalue weighted by atomic mass is 9.99. The molecular weight excluding hydrogens is 276 g/mol. The Hall–Kier alpha value is -1.39. The maximum atomic E-state index is 12.0. The lowest BCUT2D eigenvalue weighted by molar-refractivity contribution is -0.124. The summed E-state index contributed by atoms with van der Waals surface area (Å²) in [6.45, 7) is 6.43. The topological polar surface area (TPSA) is 41.6 Å². The largest absolute Gasteiger partial charge is 0.368 e. The molecule has 2 heterocycles. The van der Waals surface area contributed by atoms with Gasteiger partial charge in [-0.25, -0.2) is 0 Å². The molecule has 0 aromatic heterocycles. The lowest BCUT2D eigenvalue weighted by Crippen LogP contribution is -2.32. The molecule has 1 atom stereocenters. The fraction of sp³-hybridized carbons (Fsp3) is 0.611. The second-order valence-electron chi connectivity index (χ2n) is 6.65. The van der Waals surface area contributed by atoms with E-state index in [0.717, 1.165) is 31.0 Å².